The Hall–Kier alpha value is -3.43. The van der Waals surface area contributed by atoms with E-state index in [9.17, 15) is 9.59 Å². The summed E-state index contributed by atoms with van der Waals surface area (Å²) in [5.74, 6) is 0.898. The molecule has 0 aliphatic heterocycles. The first-order chi connectivity index (χ1) is 17.3. The molecule has 9 heteroatoms. The first-order valence-electron chi connectivity index (χ1n) is 11.4. The maximum atomic E-state index is 12.5. The lowest BCUT2D eigenvalue weighted by Crippen LogP contribution is -2.49. The number of rotatable bonds is 9. The van der Waals surface area contributed by atoms with Crippen molar-refractivity contribution in [3.63, 3.8) is 0 Å². The molecule has 0 aliphatic carbocycles. The van der Waals surface area contributed by atoms with Gasteiger partial charge in [0.2, 0.25) is 0 Å². The minimum absolute atomic E-state index is 0.0496. The number of benzene rings is 3. The summed E-state index contributed by atoms with van der Waals surface area (Å²) in [5, 5.41) is 2.48. The van der Waals surface area contributed by atoms with Crippen LogP contribution in [0.5, 0.6) is 11.5 Å². The molecule has 0 aromatic heterocycles. The average Bonchev–Trinajstić information content (AvgIpc) is 2.87. The largest absolute Gasteiger partial charge is 0.492 e. The molecule has 0 radical (unpaired) electrons. The molecule has 0 atom stereocenters. The fourth-order valence-electron chi connectivity index (χ4n) is 3.12. The predicted molar refractivity (Wildman–Crippen MR) is 148 cm³/mol. The summed E-state index contributed by atoms with van der Waals surface area (Å²) >= 11 is 8.55. The Bertz CT molecular complexity index is 1200. The zero-order valence-corrected chi connectivity index (χ0v) is 22.4. The van der Waals surface area contributed by atoms with Crippen molar-refractivity contribution in [3.05, 3.63) is 82.8 Å². The summed E-state index contributed by atoms with van der Waals surface area (Å²) in [4.78, 5) is 24.8. The lowest BCUT2D eigenvalue weighted by molar-refractivity contribution is -0.123. The summed E-state index contributed by atoms with van der Waals surface area (Å²) in [5.41, 5.74) is 7.18. The van der Waals surface area contributed by atoms with E-state index in [1.54, 1.807) is 24.3 Å². The molecule has 0 unspecified atom stereocenters. The van der Waals surface area contributed by atoms with Gasteiger partial charge in [-0.2, -0.15) is 0 Å². The van der Waals surface area contributed by atoms with Crippen LogP contribution in [-0.2, 0) is 4.79 Å². The number of halogens is 1. The van der Waals surface area contributed by atoms with Crippen LogP contribution in [0.15, 0.2) is 77.3 Å². The fraction of sp³-hybridized carbons (Fsp3) is 0.222. The molecule has 0 heterocycles. The molecule has 0 bridgehead atoms. The molecule has 0 fully saturated rings. The van der Waals surface area contributed by atoms with Crippen molar-refractivity contribution in [1.29, 1.82) is 0 Å². The van der Waals surface area contributed by atoms with Crippen molar-refractivity contribution >= 4 is 45.1 Å². The highest BCUT2D eigenvalue weighted by Crippen LogP contribution is 2.29. The molecule has 2 amide bonds. The number of thiocarbonyl (C=S) groups is 1. The van der Waals surface area contributed by atoms with Gasteiger partial charge in [0.25, 0.3) is 11.8 Å². The smallest absolute Gasteiger partial charge is 0.276 e. The molecule has 0 spiro atoms. The number of nitrogens with one attached hydrogen (secondary N) is 3. The maximum Gasteiger partial charge on any atom is 0.276 e. The molecule has 3 rings (SSSR count). The van der Waals surface area contributed by atoms with Gasteiger partial charge in [0.15, 0.2) is 11.7 Å². The number of ether oxygens (including phenoxy) is 2. The van der Waals surface area contributed by atoms with Crippen LogP contribution in [0.1, 0.15) is 30.6 Å². The lowest BCUT2D eigenvalue weighted by Gasteiger charge is -2.14. The third-order valence-corrected chi connectivity index (χ3v) is 5.84. The highest BCUT2D eigenvalue weighted by molar-refractivity contribution is 9.10. The monoisotopic (exact) mass is 569 g/mol. The zero-order chi connectivity index (χ0) is 25.9. The number of carbonyl (C=O) groups is 2. The van der Waals surface area contributed by atoms with E-state index in [1.807, 2.05) is 48.5 Å². The van der Waals surface area contributed by atoms with Gasteiger partial charge in [-0.15, -0.1) is 0 Å². The third kappa shape index (κ3) is 8.35. The van der Waals surface area contributed by atoms with E-state index in [1.165, 1.54) is 0 Å². The minimum Gasteiger partial charge on any atom is -0.492 e. The van der Waals surface area contributed by atoms with E-state index in [0.717, 1.165) is 17.5 Å². The van der Waals surface area contributed by atoms with Crippen LogP contribution in [0.25, 0.3) is 11.1 Å². The van der Waals surface area contributed by atoms with E-state index >= 15 is 0 Å². The molecule has 0 saturated heterocycles. The standard InChI is InChI=1S/C27H28BrN3O4S/c1-18(2)14-15-34-24-13-12-20(16-22(24)28)26(33)29-27(36)31-30-25(32)17-35-23-11-7-6-10-21(23)19-8-4-3-5-9-19/h3-13,16,18H,14-15,17H2,1-2H3,(H,30,32)(H2,29,31,33,36). The zero-order valence-electron chi connectivity index (χ0n) is 20.0. The first kappa shape index (κ1) is 27.2. The number of amides is 2. The molecule has 3 aromatic carbocycles. The molecular weight excluding hydrogens is 542 g/mol. The van der Waals surface area contributed by atoms with Gasteiger partial charge < -0.3 is 9.47 Å². The van der Waals surface area contributed by atoms with Gasteiger partial charge in [0.05, 0.1) is 11.1 Å². The van der Waals surface area contributed by atoms with Crippen molar-refractivity contribution in [3.8, 4) is 22.6 Å². The Morgan fingerprint density at radius 3 is 2.36 bits per heavy atom. The van der Waals surface area contributed by atoms with Crippen LogP contribution in [0.4, 0.5) is 0 Å². The number of carbonyl (C=O) groups excluding carboxylic acids is 2. The molecule has 0 aliphatic rings. The minimum atomic E-state index is -0.458. The summed E-state index contributed by atoms with van der Waals surface area (Å²) in [6, 6.07) is 22.2. The van der Waals surface area contributed by atoms with Crippen molar-refractivity contribution in [2.24, 2.45) is 5.92 Å². The lowest BCUT2D eigenvalue weighted by atomic mass is 10.1. The summed E-state index contributed by atoms with van der Waals surface area (Å²) in [6.07, 6.45) is 0.935. The molecular formula is C27H28BrN3O4S. The summed E-state index contributed by atoms with van der Waals surface area (Å²) in [6.45, 7) is 4.61. The highest BCUT2D eigenvalue weighted by atomic mass is 79.9. The van der Waals surface area contributed by atoms with Gasteiger partial charge in [0.1, 0.15) is 11.5 Å². The molecule has 36 heavy (non-hydrogen) atoms. The van der Waals surface area contributed by atoms with Crippen LogP contribution in [0, 0.1) is 5.92 Å². The number of hydrogen-bond donors (Lipinski definition) is 3. The van der Waals surface area contributed by atoms with Crippen LogP contribution in [0.2, 0.25) is 0 Å². The molecule has 188 valence electrons. The average molecular weight is 571 g/mol. The highest BCUT2D eigenvalue weighted by Gasteiger charge is 2.12. The molecule has 7 nitrogen and oxygen atoms in total. The van der Waals surface area contributed by atoms with Gasteiger partial charge in [-0.25, -0.2) is 0 Å². The molecule has 0 saturated carbocycles. The van der Waals surface area contributed by atoms with E-state index in [0.29, 0.717) is 34.1 Å². The van der Waals surface area contributed by atoms with E-state index in [-0.39, 0.29) is 11.7 Å². The van der Waals surface area contributed by atoms with Gasteiger partial charge in [-0.05, 0) is 70.3 Å². The number of hydrogen-bond acceptors (Lipinski definition) is 5. The maximum absolute atomic E-state index is 12.5. The normalized spacial score (nSPS) is 10.4. The second kappa shape index (κ2) is 13.6. The topological polar surface area (TPSA) is 88.7 Å². The van der Waals surface area contributed by atoms with Crippen molar-refractivity contribution in [2.75, 3.05) is 13.2 Å². The SMILES string of the molecule is CC(C)CCOc1ccc(C(=O)NC(=S)NNC(=O)COc2ccccc2-c2ccccc2)cc1Br. The quantitative estimate of drug-likeness (QED) is 0.241. The molecule has 3 aromatic rings. The molecule has 3 N–H and O–H groups in total. The first-order valence-corrected chi connectivity index (χ1v) is 12.6. The predicted octanol–water partition coefficient (Wildman–Crippen LogP) is 5.26. The van der Waals surface area contributed by atoms with Crippen molar-refractivity contribution in [1.82, 2.24) is 16.2 Å². The Morgan fingerprint density at radius 2 is 1.64 bits per heavy atom. The second-order valence-electron chi connectivity index (χ2n) is 8.28. The Kier molecular flexibility index (Phi) is 10.3. The van der Waals surface area contributed by atoms with Gasteiger partial charge >= 0.3 is 0 Å². The Balaban J connectivity index is 1.45. The number of hydrazine groups is 1. The van der Waals surface area contributed by atoms with Gasteiger partial charge in [-0.3, -0.25) is 25.8 Å². The van der Waals surface area contributed by atoms with E-state index in [4.69, 9.17) is 21.7 Å². The van der Waals surface area contributed by atoms with Gasteiger partial charge in [0, 0.05) is 11.1 Å². The Labute approximate surface area is 224 Å². The van der Waals surface area contributed by atoms with E-state index in [2.05, 4.69) is 45.9 Å². The van der Waals surface area contributed by atoms with Crippen LogP contribution < -0.4 is 25.6 Å². The van der Waals surface area contributed by atoms with Crippen LogP contribution in [-0.4, -0.2) is 30.1 Å². The fourth-order valence-corrected chi connectivity index (χ4v) is 3.76. The van der Waals surface area contributed by atoms with Crippen molar-refractivity contribution in [2.45, 2.75) is 20.3 Å². The number of para-hydroxylation sites is 1. The van der Waals surface area contributed by atoms with Gasteiger partial charge in [-0.1, -0.05) is 62.4 Å². The van der Waals surface area contributed by atoms with Crippen LogP contribution in [0.3, 0.4) is 0 Å². The Morgan fingerprint density at radius 1 is 0.917 bits per heavy atom. The van der Waals surface area contributed by atoms with Crippen molar-refractivity contribution < 1.29 is 19.1 Å². The van der Waals surface area contributed by atoms with E-state index < -0.39 is 11.8 Å². The second-order valence-corrected chi connectivity index (χ2v) is 9.55. The summed E-state index contributed by atoms with van der Waals surface area (Å²) in [7, 11) is 0. The van der Waals surface area contributed by atoms with Crippen LogP contribution >= 0.6 is 28.1 Å². The third-order valence-electron chi connectivity index (χ3n) is 5.02. The summed E-state index contributed by atoms with van der Waals surface area (Å²) < 4.78 is 12.1.